The molecule has 0 radical (unpaired) electrons. The Hall–Kier alpha value is -3.36. The maximum Gasteiger partial charge on any atom is 0.268 e. The third kappa shape index (κ3) is 54.3. The van der Waals surface area contributed by atoms with Crippen LogP contribution >= 0.6 is 7.82 Å². The van der Waals surface area contributed by atoms with Crippen LogP contribution in [0.1, 0.15) is 200 Å². The van der Waals surface area contributed by atoms with Crippen LogP contribution in [-0.2, 0) is 18.4 Å². The van der Waals surface area contributed by atoms with E-state index in [4.69, 9.17) is 9.05 Å². The Bertz CT molecular complexity index is 1610. The van der Waals surface area contributed by atoms with E-state index < -0.39 is 26.6 Å². The fourth-order valence-corrected chi connectivity index (χ4v) is 7.94. The van der Waals surface area contributed by atoms with E-state index in [-0.39, 0.29) is 12.5 Å². The standard InChI is InChI=1S/C62H105N2O6P/c1-6-8-10-12-14-16-18-19-20-21-22-23-24-25-26-27-28-29-30-31-32-33-34-35-36-37-38-39-40-41-42-43-44-45-46-48-50-52-54-56-62(66)63-60(59-70-71(67,68)69-58-57-64(3,4)5)61(65)55-53-51-49-47-17-15-13-11-9-7-2/h8,10,14,16-17,19-20,22-23,25-26,28-29,31-32,34-35,37-38,47,53,55,60-61,65H,6-7,9,11-13,15,18,21,24,27,30,33,36,39-46,48-52,54,56-59H2,1-5H3,(H-,63,66,67,68)/b10-8-,16-14-,20-19-,23-22-,26-25-,29-28-,32-31-,35-34-,38-37-,47-17+,55-53+. The van der Waals surface area contributed by atoms with Gasteiger partial charge in [-0.15, -0.1) is 0 Å². The monoisotopic (exact) mass is 1000 g/mol. The number of allylic oxidation sites excluding steroid dienone is 21. The molecule has 0 saturated carbocycles. The topological polar surface area (TPSA) is 108 Å². The molecule has 404 valence electrons. The molecule has 0 aromatic carbocycles. The van der Waals surface area contributed by atoms with Crippen LogP contribution in [0.25, 0.3) is 0 Å². The van der Waals surface area contributed by atoms with Gasteiger partial charge in [0.1, 0.15) is 13.2 Å². The van der Waals surface area contributed by atoms with Gasteiger partial charge in [-0.1, -0.05) is 225 Å². The molecule has 1 amide bonds. The van der Waals surface area contributed by atoms with Gasteiger partial charge >= 0.3 is 0 Å². The van der Waals surface area contributed by atoms with E-state index in [1.54, 1.807) is 6.08 Å². The number of hydrogen-bond acceptors (Lipinski definition) is 6. The summed E-state index contributed by atoms with van der Waals surface area (Å²) in [5.41, 5.74) is 0. The van der Waals surface area contributed by atoms with Crippen molar-refractivity contribution < 1.29 is 32.9 Å². The summed E-state index contributed by atoms with van der Waals surface area (Å²) in [6.07, 6.45) is 78.3. The van der Waals surface area contributed by atoms with E-state index in [9.17, 15) is 19.4 Å². The third-order valence-corrected chi connectivity index (χ3v) is 12.6. The second kappa shape index (κ2) is 51.5. The van der Waals surface area contributed by atoms with Gasteiger partial charge < -0.3 is 28.8 Å². The van der Waals surface area contributed by atoms with Gasteiger partial charge in [0.25, 0.3) is 7.82 Å². The SMILES string of the molecule is CC/C=C\C/C=C\C/C=C\C/C=C\C/C=C\C/C=C\C/C=C\C/C=C\C/C=C\CCCCCCCCCCCCCC(=O)NC(COP(=O)([O-])OCC[N+](C)(C)C)C(O)/C=C/CC/C=C/CCCCCC. The highest BCUT2D eigenvalue weighted by atomic mass is 31.2. The molecular weight excluding hydrogens is 900 g/mol. The Kier molecular flexibility index (Phi) is 49.1. The summed E-state index contributed by atoms with van der Waals surface area (Å²) in [5, 5.41) is 13.7. The fourth-order valence-electron chi connectivity index (χ4n) is 7.22. The molecular formula is C62H105N2O6P. The van der Waals surface area contributed by atoms with Crippen LogP contribution in [0.2, 0.25) is 0 Å². The zero-order valence-electron chi connectivity index (χ0n) is 45.9. The van der Waals surface area contributed by atoms with Gasteiger partial charge in [0.2, 0.25) is 5.91 Å². The summed E-state index contributed by atoms with van der Waals surface area (Å²) in [7, 11) is 1.22. The summed E-state index contributed by atoms with van der Waals surface area (Å²) in [5.74, 6) is -0.219. The summed E-state index contributed by atoms with van der Waals surface area (Å²) in [6, 6.07) is -0.911. The number of nitrogens with one attached hydrogen (secondary N) is 1. The first kappa shape index (κ1) is 67.6. The molecule has 0 spiro atoms. The first-order valence-corrected chi connectivity index (χ1v) is 29.5. The van der Waals surface area contributed by atoms with Crippen molar-refractivity contribution in [2.24, 2.45) is 0 Å². The quantitative estimate of drug-likeness (QED) is 0.0272. The van der Waals surface area contributed by atoms with Crippen LogP contribution in [0.15, 0.2) is 134 Å². The van der Waals surface area contributed by atoms with E-state index in [1.807, 2.05) is 27.2 Å². The van der Waals surface area contributed by atoms with Crippen molar-refractivity contribution in [1.82, 2.24) is 5.32 Å². The lowest BCUT2D eigenvalue weighted by atomic mass is 10.0. The Morgan fingerprint density at radius 3 is 1.31 bits per heavy atom. The minimum atomic E-state index is -4.60. The van der Waals surface area contributed by atoms with Crippen LogP contribution in [0.5, 0.6) is 0 Å². The molecule has 0 bridgehead atoms. The summed E-state index contributed by atoms with van der Waals surface area (Å²) in [4.78, 5) is 25.4. The van der Waals surface area contributed by atoms with Gasteiger partial charge in [-0.3, -0.25) is 9.36 Å². The zero-order chi connectivity index (χ0) is 52.0. The molecule has 3 atom stereocenters. The predicted octanol–water partition coefficient (Wildman–Crippen LogP) is 16.5. The first-order chi connectivity index (χ1) is 34.5. The fraction of sp³-hybridized carbons (Fsp3) is 0.629. The number of aliphatic hydroxyl groups excluding tert-OH is 1. The number of rotatable bonds is 49. The molecule has 2 N–H and O–H groups in total. The highest BCUT2D eigenvalue weighted by molar-refractivity contribution is 7.45. The van der Waals surface area contributed by atoms with Crippen molar-refractivity contribution in [3.05, 3.63) is 134 Å². The molecule has 0 saturated heterocycles. The number of likely N-dealkylation sites (N-methyl/N-ethyl adjacent to an activating group) is 1. The molecule has 3 unspecified atom stereocenters. The Labute approximate surface area is 436 Å². The van der Waals surface area contributed by atoms with Gasteiger partial charge in [0.05, 0.1) is 39.9 Å². The third-order valence-electron chi connectivity index (χ3n) is 11.6. The summed E-state index contributed by atoms with van der Waals surface area (Å²) in [6.45, 7) is 4.44. The highest BCUT2D eigenvalue weighted by Gasteiger charge is 2.23. The summed E-state index contributed by atoms with van der Waals surface area (Å²) >= 11 is 0. The lowest BCUT2D eigenvalue weighted by molar-refractivity contribution is -0.870. The molecule has 0 aliphatic rings. The van der Waals surface area contributed by atoms with E-state index in [2.05, 4.69) is 141 Å². The van der Waals surface area contributed by atoms with Crippen LogP contribution in [0, 0.1) is 0 Å². The van der Waals surface area contributed by atoms with Crippen LogP contribution in [0.4, 0.5) is 0 Å². The molecule has 0 aliphatic carbocycles. The van der Waals surface area contributed by atoms with E-state index in [1.165, 1.54) is 77.0 Å². The van der Waals surface area contributed by atoms with Crippen LogP contribution < -0.4 is 10.2 Å². The number of hydrogen-bond donors (Lipinski definition) is 2. The number of carbonyl (C=O) groups is 1. The number of amides is 1. The maximum atomic E-state index is 12.9. The van der Waals surface area contributed by atoms with Gasteiger partial charge in [0, 0.05) is 6.42 Å². The van der Waals surface area contributed by atoms with Crippen molar-refractivity contribution in [2.45, 2.75) is 212 Å². The minimum absolute atomic E-state index is 0.0132. The number of nitrogens with zero attached hydrogens (tertiary/aromatic N) is 1. The van der Waals surface area contributed by atoms with Gasteiger partial charge in [0.15, 0.2) is 0 Å². The van der Waals surface area contributed by atoms with Crippen molar-refractivity contribution >= 4 is 13.7 Å². The average Bonchev–Trinajstić information content (AvgIpc) is 3.33. The minimum Gasteiger partial charge on any atom is -0.756 e. The highest BCUT2D eigenvalue weighted by Crippen LogP contribution is 2.38. The molecule has 0 aromatic rings. The van der Waals surface area contributed by atoms with E-state index >= 15 is 0 Å². The Morgan fingerprint density at radius 2 is 0.873 bits per heavy atom. The number of unbranched alkanes of at least 4 members (excludes halogenated alkanes) is 16. The van der Waals surface area contributed by atoms with Crippen molar-refractivity contribution in [1.29, 1.82) is 0 Å². The lowest BCUT2D eigenvalue weighted by Crippen LogP contribution is -2.45. The average molecular weight is 1010 g/mol. The number of carbonyl (C=O) groups excluding carboxylic acids is 1. The molecule has 0 rings (SSSR count). The van der Waals surface area contributed by atoms with Gasteiger partial charge in [-0.05, 0) is 103 Å². The number of phosphoric acid groups is 1. The zero-order valence-corrected chi connectivity index (χ0v) is 46.8. The second-order valence-electron chi connectivity index (χ2n) is 19.5. The molecule has 71 heavy (non-hydrogen) atoms. The first-order valence-electron chi connectivity index (χ1n) is 28.0. The molecule has 0 fully saturated rings. The van der Waals surface area contributed by atoms with E-state index in [0.717, 1.165) is 103 Å². The summed E-state index contributed by atoms with van der Waals surface area (Å²) < 4.78 is 23.2. The van der Waals surface area contributed by atoms with Gasteiger partial charge in [-0.2, -0.15) is 0 Å². The molecule has 9 heteroatoms. The molecule has 0 heterocycles. The second-order valence-corrected chi connectivity index (χ2v) is 21.0. The smallest absolute Gasteiger partial charge is 0.268 e. The van der Waals surface area contributed by atoms with Crippen molar-refractivity contribution in [3.63, 3.8) is 0 Å². The normalized spacial score (nSPS) is 15.0. The predicted molar refractivity (Wildman–Crippen MR) is 306 cm³/mol. The van der Waals surface area contributed by atoms with Gasteiger partial charge in [-0.25, -0.2) is 0 Å². The number of quaternary nitrogens is 1. The maximum absolute atomic E-state index is 12.9. The van der Waals surface area contributed by atoms with Crippen LogP contribution in [-0.4, -0.2) is 68.5 Å². The van der Waals surface area contributed by atoms with Crippen molar-refractivity contribution in [2.75, 3.05) is 40.9 Å². The number of aliphatic hydroxyl groups is 1. The molecule has 0 aromatic heterocycles. The largest absolute Gasteiger partial charge is 0.756 e. The molecule has 0 aliphatic heterocycles. The molecule has 8 nitrogen and oxygen atoms in total. The van der Waals surface area contributed by atoms with Crippen LogP contribution in [0.3, 0.4) is 0 Å². The Morgan fingerprint density at radius 1 is 0.507 bits per heavy atom. The lowest BCUT2D eigenvalue weighted by Gasteiger charge is -2.29. The Balaban J connectivity index is 4.05. The van der Waals surface area contributed by atoms with E-state index in [0.29, 0.717) is 17.4 Å². The number of phosphoric ester groups is 1. The van der Waals surface area contributed by atoms with Crippen molar-refractivity contribution in [3.8, 4) is 0 Å².